The molecule has 1 saturated heterocycles. The monoisotopic (exact) mass is 292 g/mol. The van der Waals surface area contributed by atoms with Crippen LogP contribution in [-0.2, 0) is 4.74 Å². The molecule has 0 spiro atoms. The highest BCUT2D eigenvalue weighted by atomic mass is 16.5. The zero-order valence-corrected chi connectivity index (χ0v) is 12.8. The number of aliphatic hydroxyl groups is 1. The molecule has 2 fully saturated rings. The summed E-state index contributed by atoms with van der Waals surface area (Å²) in [4.78, 5) is 11.7. The number of nitrogens with zero attached hydrogens (tertiary/aromatic N) is 3. The molecule has 1 unspecified atom stereocenters. The molecule has 1 aliphatic carbocycles. The highest BCUT2D eigenvalue weighted by molar-refractivity contribution is 5.59. The maximum atomic E-state index is 9.32. The van der Waals surface area contributed by atoms with Crippen molar-refractivity contribution in [3.8, 4) is 0 Å². The zero-order valence-electron chi connectivity index (χ0n) is 12.8. The number of nitrogens with one attached hydrogen (secondary N) is 1. The fraction of sp³-hybridized carbons (Fsp3) is 0.733. The Bertz CT molecular complexity index is 505. The van der Waals surface area contributed by atoms with Crippen molar-refractivity contribution in [2.75, 3.05) is 43.1 Å². The Morgan fingerprint density at radius 1 is 1.38 bits per heavy atom. The molecule has 0 bridgehead atoms. The van der Waals surface area contributed by atoms with Crippen molar-refractivity contribution >= 4 is 11.6 Å². The summed E-state index contributed by atoms with van der Waals surface area (Å²) in [5, 5.41) is 12.7. The Morgan fingerprint density at radius 3 is 2.86 bits per heavy atom. The van der Waals surface area contributed by atoms with Crippen molar-refractivity contribution in [2.45, 2.75) is 38.7 Å². The van der Waals surface area contributed by atoms with Crippen LogP contribution < -0.4 is 10.2 Å². The van der Waals surface area contributed by atoms with Crippen molar-refractivity contribution in [1.29, 1.82) is 0 Å². The molecule has 1 saturated carbocycles. The van der Waals surface area contributed by atoms with E-state index < -0.39 is 0 Å². The van der Waals surface area contributed by atoms with Gasteiger partial charge in [-0.3, -0.25) is 0 Å². The topological polar surface area (TPSA) is 70.5 Å². The third-order valence-corrected chi connectivity index (χ3v) is 4.07. The van der Waals surface area contributed by atoms with Gasteiger partial charge in [0.25, 0.3) is 0 Å². The lowest BCUT2D eigenvalue weighted by molar-refractivity contribution is 0.00332. The second-order valence-corrected chi connectivity index (χ2v) is 5.81. The van der Waals surface area contributed by atoms with Gasteiger partial charge in [-0.1, -0.05) is 0 Å². The lowest BCUT2D eigenvalue weighted by atomic mass is 10.2. The molecule has 0 amide bonds. The van der Waals surface area contributed by atoms with E-state index in [1.54, 1.807) is 0 Å². The van der Waals surface area contributed by atoms with Crippen LogP contribution in [0.3, 0.4) is 0 Å². The Morgan fingerprint density at radius 2 is 2.19 bits per heavy atom. The molecule has 6 nitrogen and oxygen atoms in total. The largest absolute Gasteiger partial charge is 0.394 e. The molecule has 0 radical (unpaired) electrons. The van der Waals surface area contributed by atoms with Gasteiger partial charge in [0.05, 0.1) is 19.3 Å². The third kappa shape index (κ3) is 3.11. The summed E-state index contributed by atoms with van der Waals surface area (Å²) in [6.45, 7) is 7.17. The molecular weight excluding hydrogens is 268 g/mol. The first-order valence-corrected chi connectivity index (χ1v) is 7.82. The van der Waals surface area contributed by atoms with Gasteiger partial charge in [0.2, 0.25) is 0 Å². The minimum absolute atomic E-state index is 0.0518. The van der Waals surface area contributed by atoms with Crippen molar-refractivity contribution < 1.29 is 9.84 Å². The van der Waals surface area contributed by atoms with E-state index in [0.29, 0.717) is 19.1 Å². The highest BCUT2D eigenvalue weighted by Crippen LogP contribution is 2.40. The van der Waals surface area contributed by atoms with Gasteiger partial charge in [-0.25, -0.2) is 9.97 Å². The summed E-state index contributed by atoms with van der Waals surface area (Å²) in [6, 6.07) is 0. The summed E-state index contributed by atoms with van der Waals surface area (Å²) in [6.07, 6.45) is 2.26. The van der Waals surface area contributed by atoms with E-state index in [1.165, 1.54) is 12.8 Å². The van der Waals surface area contributed by atoms with Crippen LogP contribution in [0.25, 0.3) is 0 Å². The quantitative estimate of drug-likeness (QED) is 0.852. The van der Waals surface area contributed by atoms with E-state index in [0.717, 1.165) is 36.1 Å². The van der Waals surface area contributed by atoms with Crippen LogP contribution >= 0.6 is 0 Å². The van der Waals surface area contributed by atoms with Crippen LogP contribution in [0.15, 0.2) is 0 Å². The van der Waals surface area contributed by atoms with E-state index in [4.69, 9.17) is 9.72 Å². The van der Waals surface area contributed by atoms with E-state index in [1.807, 2.05) is 0 Å². The fourth-order valence-corrected chi connectivity index (χ4v) is 2.72. The number of anilines is 2. The predicted molar refractivity (Wildman–Crippen MR) is 81.9 cm³/mol. The molecule has 3 rings (SSSR count). The Hall–Kier alpha value is -1.40. The molecule has 1 aromatic heterocycles. The second kappa shape index (κ2) is 6.15. The number of ether oxygens (including phenoxy) is 1. The van der Waals surface area contributed by atoms with Gasteiger partial charge >= 0.3 is 0 Å². The van der Waals surface area contributed by atoms with Crippen molar-refractivity contribution in [1.82, 2.24) is 9.97 Å². The van der Waals surface area contributed by atoms with Crippen LogP contribution in [0, 0.1) is 6.92 Å². The number of hydrogen-bond donors (Lipinski definition) is 2. The molecule has 2 N–H and O–H groups in total. The van der Waals surface area contributed by atoms with Crippen molar-refractivity contribution in [3.63, 3.8) is 0 Å². The maximum absolute atomic E-state index is 9.32. The molecule has 2 aliphatic rings. The standard InChI is InChI=1S/C15H24N4O2/c1-3-16-13-10(2)15(18-14(17-13)11-4-5-11)19-6-7-21-12(8-19)9-20/h11-12,20H,3-9H2,1-2H3,(H,16,17,18). The minimum atomic E-state index is -0.125. The van der Waals surface area contributed by atoms with E-state index >= 15 is 0 Å². The van der Waals surface area contributed by atoms with Gasteiger partial charge in [-0.15, -0.1) is 0 Å². The Balaban J connectivity index is 1.91. The van der Waals surface area contributed by atoms with Crippen LogP contribution in [0.2, 0.25) is 0 Å². The maximum Gasteiger partial charge on any atom is 0.137 e. The molecule has 1 atom stereocenters. The van der Waals surface area contributed by atoms with Gasteiger partial charge < -0.3 is 20.1 Å². The summed E-state index contributed by atoms with van der Waals surface area (Å²) >= 11 is 0. The summed E-state index contributed by atoms with van der Waals surface area (Å²) < 4.78 is 5.54. The van der Waals surface area contributed by atoms with E-state index in [-0.39, 0.29) is 12.7 Å². The second-order valence-electron chi connectivity index (χ2n) is 5.81. The van der Waals surface area contributed by atoms with Gasteiger partial charge in [0.1, 0.15) is 17.5 Å². The summed E-state index contributed by atoms with van der Waals surface area (Å²) in [7, 11) is 0. The first-order valence-electron chi connectivity index (χ1n) is 7.82. The molecular formula is C15H24N4O2. The first-order chi connectivity index (χ1) is 10.2. The molecule has 0 aromatic carbocycles. The van der Waals surface area contributed by atoms with Gasteiger partial charge in [0, 0.05) is 31.1 Å². The van der Waals surface area contributed by atoms with Crippen molar-refractivity contribution in [2.24, 2.45) is 0 Å². The lowest BCUT2D eigenvalue weighted by Crippen LogP contribution is -2.45. The summed E-state index contributed by atoms with van der Waals surface area (Å²) in [5.41, 5.74) is 1.08. The van der Waals surface area contributed by atoms with Crippen LogP contribution in [0.1, 0.15) is 37.1 Å². The lowest BCUT2D eigenvalue weighted by Gasteiger charge is -2.34. The number of aliphatic hydroxyl groups excluding tert-OH is 1. The molecule has 2 heterocycles. The summed E-state index contributed by atoms with van der Waals surface area (Å²) in [5.74, 6) is 3.41. The predicted octanol–water partition coefficient (Wildman–Crippen LogP) is 1.29. The Labute approximate surface area is 125 Å². The first kappa shape index (κ1) is 14.5. The smallest absolute Gasteiger partial charge is 0.137 e. The fourth-order valence-electron chi connectivity index (χ4n) is 2.72. The number of morpholine rings is 1. The van der Waals surface area contributed by atoms with E-state index in [2.05, 4.69) is 29.0 Å². The molecule has 21 heavy (non-hydrogen) atoms. The van der Waals surface area contributed by atoms with Gasteiger partial charge in [-0.05, 0) is 26.7 Å². The average molecular weight is 292 g/mol. The van der Waals surface area contributed by atoms with Gasteiger partial charge in [-0.2, -0.15) is 0 Å². The van der Waals surface area contributed by atoms with Crippen molar-refractivity contribution in [3.05, 3.63) is 11.4 Å². The minimum Gasteiger partial charge on any atom is -0.394 e. The molecule has 6 heteroatoms. The van der Waals surface area contributed by atoms with Crippen LogP contribution in [0.4, 0.5) is 11.6 Å². The third-order valence-electron chi connectivity index (χ3n) is 4.07. The zero-order chi connectivity index (χ0) is 14.8. The number of aromatic nitrogens is 2. The van der Waals surface area contributed by atoms with E-state index in [9.17, 15) is 5.11 Å². The molecule has 116 valence electrons. The SMILES string of the molecule is CCNc1nc(C2CC2)nc(N2CCOC(CO)C2)c1C. The molecule has 1 aliphatic heterocycles. The van der Waals surface area contributed by atoms with Crippen LogP contribution in [0.5, 0.6) is 0 Å². The number of hydrogen-bond acceptors (Lipinski definition) is 6. The highest BCUT2D eigenvalue weighted by Gasteiger charge is 2.30. The number of rotatable bonds is 5. The molecule has 1 aromatic rings. The Kier molecular flexibility index (Phi) is 4.26. The normalized spacial score (nSPS) is 22.4. The van der Waals surface area contributed by atoms with Gasteiger partial charge in [0.15, 0.2) is 0 Å². The van der Waals surface area contributed by atoms with Crippen LogP contribution in [-0.4, -0.2) is 54.0 Å². The average Bonchev–Trinajstić information content (AvgIpc) is 3.34.